The summed E-state index contributed by atoms with van der Waals surface area (Å²) in [6.45, 7) is 4.52. The largest absolute Gasteiger partial charge is 0.383 e. The Labute approximate surface area is 156 Å². The summed E-state index contributed by atoms with van der Waals surface area (Å²) in [5.41, 5.74) is 2.06. The maximum atomic E-state index is 13.8. The van der Waals surface area contributed by atoms with Gasteiger partial charge in [0.25, 0.3) is 5.91 Å². The van der Waals surface area contributed by atoms with E-state index in [0.29, 0.717) is 25.3 Å². The Morgan fingerprint density at radius 1 is 1.41 bits per heavy atom. The van der Waals surface area contributed by atoms with Crippen LogP contribution in [-0.4, -0.2) is 35.5 Å². The van der Waals surface area contributed by atoms with Gasteiger partial charge in [0.15, 0.2) is 0 Å². The van der Waals surface area contributed by atoms with Gasteiger partial charge >= 0.3 is 0 Å². The summed E-state index contributed by atoms with van der Waals surface area (Å²) < 4.78 is 39.7. The smallest absolute Gasteiger partial charge is 0.270 e. The number of hydrogen-bond donors (Lipinski definition) is 1. The van der Waals surface area contributed by atoms with Crippen molar-refractivity contribution in [3.05, 3.63) is 52.3 Å². The molecule has 1 aliphatic heterocycles. The quantitative estimate of drug-likeness (QED) is 0.838. The Kier molecular flexibility index (Phi) is 5.86. The number of amides is 1. The van der Waals surface area contributed by atoms with Crippen LogP contribution in [0.2, 0.25) is 0 Å². The van der Waals surface area contributed by atoms with E-state index in [2.05, 4.69) is 10.4 Å². The van der Waals surface area contributed by atoms with Crippen molar-refractivity contribution < 1.29 is 23.0 Å². The fraction of sp³-hybridized carbons (Fsp3) is 0.474. The van der Waals surface area contributed by atoms with Crippen molar-refractivity contribution in [2.75, 3.05) is 13.7 Å². The van der Waals surface area contributed by atoms with E-state index >= 15 is 0 Å². The molecule has 1 amide bonds. The van der Waals surface area contributed by atoms with Crippen LogP contribution in [0, 0.1) is 11.6 Å². The molecule has 0 radical (unpaired) electrons. The molecule has 0 bridgehead atoms. The Hall–Kier alpha value is -2.32. The van der Waals surface area contributed by atoms with E-state index in [1.54, 1.807) is 11.8 Å². The number of hydrogen-bond acceptors (Lipinski definition) is 4. The van der Waals surface area contributed by atoms with Crippen LogP contribution in [0.1, 0.15) is 47.3 Å². The molecule has 2 atom stereocenters. The number of carbonyl (C=O) groups is 1. The summed E-state index contributed by atoms with van der Waals surface area (Å²) in [6.07, 6.45) is 0.295. The number of methoxy groups -OCH3 is 1. The van der Waals surface area contributed by atoms with E-state index in [-0.39, 0.29) is 30.2 Å². The minimum atomic E-state index is -0.567. The number of carbonyl (C=O) groups excluding carboxylic acids is 1. The van der Waals surface area contributed by atoms with Crippen LogP contribution < -0.4 is 5.32 Å². The van der Waals surface area contributed by atoms with Gasteiger partial charge in [-0.15, -0.1) is 0 Å². The molecule has 1 aromatic carbocycles. The number of rotatable bonds is 6. The highest BCUT2D eigenvalue weighted by atomic mass is 19.1. The van der Waals surface area contributed by atoms with Crippen molar-refractivity contribution in [2.24, 2.45) is 0 Å². The van der Waals surface area contributed by atoms with E-state index < -0.39 is 11.6 Å². The van der Waals surface area contributed by atoms with Gasteiger partial charge in [-0.3, -0.25) is 9.48 Å². The van der Waals surface area contributed by atoms with Crippen LogP contribution in [0.4, 0.5) is 8.78 Å². The van der Waals surface area contributed by atoms with Gasteiger partial charge in [0.2, 0.25) is 0 Å². The SMILES string of the molecule is COCCn1nc2c(c1C(=O)NCc1cc(F)ccc1F)C[C@H](C)O[C@@H]2C. The van der Waals surface area contributed by atoms with Gasteiger partial charge in [0.05, 0.1) is 31.1 Å². The Morgan fingerprint density at radius 2 is 2.19 bits per heavy atom. The number of fused-ring (bicyclic) bond motifs is 1. The molecule has 8 heteroatoms. The second kappa shape index (κ2) is 8.14. The van der Waals surface area contributed by atoms with E-state index in [9.17, 15) is 13.6 Å². The number of nitrogens with zero attached hydrogens (tertiary/aromatic N) is 2. The minimum absolute atomic E-state index is 0.0419. The fourth-order valence-electron chi connectivity index (χ4n) is 3.33. The van der Waals surface area contributed by atoms with Crippen molar-refractivity contribution in [1.82, 2.24) is 15.1 Å². The van der Waals surface area contributed by atoms with E-state index in [4.69, 9.17) is 9.47 Å². The molecule has 2 aromatic rings. The molecule has 0 aliphatic carbocycles. The zero-order valence-electron chi connectivity index (χ0n) is 15.6. The normalized spacial score (nSPS) is 19.0. The lowest BCUT2D eigenvalue weighted by atomic mass is 9.99. The first-order valence-corrected chi connectivity index (χ1v) is 8.86. The van der Waals surface area contributed by atoms with Crippen molar-refractivity contribution in [3.63, 3.8) is 0 Å². The Balaban J connectivity index is 1.87. The third-order valence-electron chi connectivity index (χ3n) is 4.56. The molecule has 1 aromatic heterocycles. The first-order valence-electron chi connectivity index (χ1n) is 8.86. The van der Waals surface area contributed by atoms with Crippen molar-refractivity contribution >= 4 is 5.91 Å². The molecule has 6 nitrogen and oxygen atoms in total. The third-order valence-corrected chi connectivity index (χ3v) is 4.56. The van der Waals surface area contributed by atoms with Crippen LogP contribution in [0.3, 0.4) is 0 Å². The van der Waals surface area contributed by atoms with Crippen LogP contribution in [0.15, 0.2) is 18.2 Å². The first-order chi connectivity index (χ1) is 12.9. The number of nitrogens with one attached hydrogen (secondary N) is 1. The predicted molar refractivity (Wildman–Crippen MR) is 94.3 cm³/mol. The summed E-state index contributed by atoms with van der Waals surface area (Å²) >= 11 is 0. The molecule has 0 spiro atoms. The van der Waals surface area contributed by atoms with Crippen molar-refractivity contribution in [3.8, 4) is 0 Å². The van der Waals surface area contributed by atoms with Gasteiger partial charge in [-0.05, 0) is 32.0 Å². The van der Waals surface area contributed by atoms with Gasteiger partial charge in [-0.25, -0.2) is 8.78 Å². The van der Waals surface area contributed by atoms with Crippen molar-refractivity contribution in [1.29, 1.82) is 0 Å². The highest BCUT2D eigenvalue weighted by Gasteiger charge is 2.32. The lowest BCUT2D eigenvalue weighted by Crippen LogP contribution is -2.29. The van der Waals surface area contributed by atoms with Crippen LogP contribution in [-0.2, 0) is 29.0 Å². The molecule has 0 unspecified atom stereocenters. The van der Waals surface area contributed by atoms with E-state index in [1.807, 2.05) is 13.8 Å². The molecule has 0 saturated heterocycles. The zero-order chi connectivity index (χ0) is 19.6. The molecule has 3 rings (SSSR count). The predicted octanol–water partition coefficient (Wildman–Crippen LogP) is 2.76. The molecular weight excluding hydrogens is 356 g/mol. The Morgan fingerprint density at radius 3 is 2.93 bits per heavy atom. The summed E-state index contributed by atoms with van der Waals surface area (Å²) in [5.74, 6) is -1.50. The molecule has 27 heavy (non-hydrogen) atoms. The van der Waals surface area contributed by atoms with Crippen LogP contribution >= 0.6 is 0 Å². The second-order valence-corrected chi connectivity index (χ2v) is 6.64. The molecule has 2 heterocycles. The third kappa shape index (κ3) is 4.17. The lowest BCUT2D eigenvalue weighted by molar-refractivity contribution is -0.00716. The molecule has 1 aliphatic rings. The minimum Gasteiger partial charge on any atom is -0.383 e. The van der Waals surface area contributed by atoms with Crippen LogP contribution in [0.5, 0.6) is 0 Å². The summed E-state index contributed by atoms with van der Waals surface area (Å²) in [7, 11) is 1.57. The van der Waals surface area contributed by atoms with Gasteiger partial charge in [-0.2, -0.15) is 5.10 Å². The topological polar surface area (TPSA) is 65.4 Å². The molecule has 1 N–H and O–H groups in total. The van der Waals surface area contributed by atoms with Gasteiger partial charge in [0.1, 0.15) is 17.3 Å². The average molecular weight is 379 g/mol. The highest BCUT2D eigenvalue weighted by molar-refractivity contribution is 5.94. The average Bonchev–Trinajstić information content (AvgIpc) is 2.99. The number of benzene rings is 1. The monoisotopic (exact) mass is 379 g/mol. The maximum absolute atomic E-state index is 13.8. The van der Waals surface area contributed by atoms with E-state index in [0.717, 1.165) is 29.5 Å². The Bertz CT molecular complexity index is 838. The van der Waals surface area contributed by atoms with E-state index in [1.165, 1.54) is 0 Å². The number of aromatic nitrogens is 2. The second-order valence-electron chi connectivity index (χ2n) is 6.64. The molecule has 0 saturated carbocycles. The zero-order valence-corrected chi connectivity index (χ0v) is 15.6. The molecule has 0 fully saturated rings. The summed E-state index contributed by atoms with van der Waals surface area (Å²) in [5, 5.41) is 7.21. The number of halogens is 2. The van der Waals surface area contributed by atoms with Gasteiger partial charge < -0.3 is 14.8 Å². The fourth-order valence-corrected chi connectivity index (χ4v) is 3.33. The summed E-state index contributed by atoms with van der Waals surface area (Å²) in [4.78, 5) is 12.9. The number of ether oxygens (including phenoxy) is 2. The maximum Gasteiger partial charge on any atom is 0.270 e. The van der Waals surface area contributed by atoms with Gasteiger partial charge in [-0.1, -0.05) is 0 Å². The lowest BCUT2D eigenvalue weighted by Gasteiger charge is -2.24. The van der Waals surface area contributed by atoms with Crippen molar-refractivity contribution in [2.45, 2.75) is 45.6 Å². The highest BCUT2D eigenvalue weighted by Crippen LogP contribution is 2.31. The summed E-state index contributed by atoms with van der Waals surface area (Å²) in [6, 6.07) is 3.16. The molecule has 146 valence electrons. The standard InChI is InChI=1S/C19H23F2N3O3/c1-11-8-15-17(12(2)27-11)23-24(6-7-26-3)18(15)19(25)22-10-13-9-14(20)4-5-16(13)21/h4-5,9,11-12H,6-8,10H2,1-3H3,(H,22,25)/t11-,12+/m0/s1. The molecular formula is C19H23F2N3O3. The van der Waals surface area contributed by atoms with Crippen LogP contribution in [0.25, 0.3) is 0 Å². The van der Waals surface area contributed by atoms with Gasteiger partial charge in [0, 0.05) is 31.2 Å². The first kappa shape index (κ1) is 19.4.